The van der Waals surface area contributed by atoms with E-state index in [1.54, 1.807) is 0 Å². The fourth-order valence-electron chi connectivity index (χ4n) is 2.07. The Morgan fingerprint density at radius 2 is 1.61 bits per heavy atom. The summed E-state index contributed by atoms with van der Waals surface area (Å²) in [4.78, 5) is 46.2. The summed E-state index contributed by atoms with van der Waals surface area (Å²) in [5, 5.41) is 8.60. The molecule has 4 amide bonds. The van der Waals surface area contributed by atoms with E-state index >= 15 is 0 Å². The number of benzene rings is 1. The zero-order valence-corrected chi connectivity index (χ0v) is 11.3. The predicted octanol–water partition coefficient (Wildman–Crippen LogP) is 1.08. The number of carboxylic acid groups (broad SMARTS) is 1. The molecule has 1 aromatic carbocycles. The van der Waals surface area contributed by atoms with Gasteiger partial charge in [0.2, 0.25) is 0 Å². The van der Waals surface area contributed by atoms with E-state index in [4.69, 9.17) is 5.11 Å². The number of rotatable bonds is 4. The normalized spacial score (nSPS) is 15.5. The number of halogens is 3. The van der Waals surface area contributed by atoms with Gasteiger partial charge in [-0.2, -0.15) is 13.2 Å². The zero-order chi connectivity index (χ0) is 17.4. The van der Waals surface area contributed by atoms with Crippen LogP contribution < -0.4 is 0 Å². The van der Waals surface area contributed by atoms with E-state index in [1.165, 1.54) is 6.07 Å². The van der Waals surface area contributed by atoms with Crippen molar-refractivity contribution in [2.75, 3.05) is 6.54 Å². The Labute approximate surface area is 126 Å². The van der Waals surface area contributed by atoms with Crippen molar-refractivity contribution in [1.82, 2.24) is 9.80 Å². The molecule has 0 aliphatic carbocycles. The summed E-state index contributed by atoms with van der Waals surface area (Å²) in [6, 6.07) is 3.00. The molecule has 10 heteroatoms. The quantitative estimate of drug-likeness (QED) is 0.658. The van der Waals surface area contributed by atoms with E-state index in [1.807, 2.05) is 0 Å². The number of urea groups is 1. The molecule has 0 aromatic heterocycles. The lowest BCUT2D eigenvalue weighted by molar-refractivity contribution is -0.146. The summed E-state index contributed by atoms with van der Waals surface area (Å²) < 4.78 is 38.7. The number of carbonyl (C=O) groups excluding carboxylic acids is 3. The van der Waals surface area contributed by atoms with Crippen LogP contribution >= 0.6 is 0 Å². The van der Waals surface area contributed by atoms with Crippen molar-refractivity contribution in [3.8, 4) is 0 Å². The molecule has 1 fully saturated rings. The van der Waals surface area contributed by atoms with Gasteiger partial charge in [0.1, 0.15) is 6.54 Å². The van der Waals surface area contributed by atoms with Crippen molar-refractivity contribution in [3.63, 3.8) is 0 Å². The van der Waals surface area contributed by atoms with Gasteiger partial charge in [-0.3, -0.25) is 19.3 Å². The standard InChI is InChI=1S/C13H9F3N2O5/c14-13(15,16)8-4-2-1-3-7(8)5-17-10(21)11(22)18(12(17)23)6-9(19)20/h1-4H,5-6H2,(H,19,20). The first-order chi connectivity index (χ1) is 10.6. The van der Waals surface area contributed by atoms with Crippen LogP contribution in [0.5, 0.6) is 0 Å². The average molecular weight is 330 g/mol. The third-order valence-corrected chi connectivity index (χ3v) is 3.08. The third-order valence-electron chi connectivity index (χ3n) is 3.08. The first kappa shape index (κ1) is 16.5. The van der Waals surface area contributed by atoms with Gasteiger partial charge in [0.25, 0.3) is 0 Å². The van der Waals surface area contributed by atoms with Gasteiger partial charge in [0, 0.05) is 0 Å². The maximum Gasteiger partial charge on any atom is 0.416 e. The summed E-state index contributed by atoms with van der Waals surface area (Å²) in [6.45, 7) is -1.82. The Hall–Kier alpha value is -2.91. The Bertz CT molecular complexity index is 701. The molecule has 1 aliphatic heterocycles. The first-order valence-corrected chi connectivity index (χ1v) is 6.17. The van der Waals surface area contributed by atoms with E-state index in [0.29, 0.717) is 0 Å². The third kappa shape index (κ3) is 3.15. The number of hydrogen-bond donors (Lipinski definition) is 1. The first-order valence-electron chi connectivity index (χ1n) is 6.17. The molecule has 2 rings (SSSR count). The summed E-state index contributed by atoms with van der Waals surface area (Å²) >= 11 is 0. The van der Waals surface area contributed by atoms with E-state index in [9.17, 15) is 32.3 Å². The van der Waals surface area contributed by atoms with Gasteiger partial charge in [-0.15, -0.1) is 0 Å². The van der Waals surface area contributed by atoms with Crippen LogP contribution in [0.3, 0.4) is 0 Å². The van der Waals surface area contributed by atoms with Crippen LogP contribution in [0.4, 0.5) is 18.0 Å². The second kappa shape index (κ2) is 5.71. The Morgan fingerprint density at radius 3 is 2.17 bits per heavy atom. The highest BCUT2D eigenvalue weighted by molar-refractivity contribution is 6.44. The van der Waals surface area contributed by atoms with Gasteiger partial charge in [-0.25, -0.2) is 9.69 Å². The molecular weight excluding hydrogens is 321 g/mol. The fraction of sp³-hybridized carbons (Fsp3) is 0.231. The lowest BCUT2D eigenvalue weighted by Gasteiger charge is -2.17. The number of imide groups is 2. The monoisotopic (exact) mass is 330 g/mol. The van der Waals surface area contributed by atoms with E-state index in [2.05, 4.69) is 0 Å². The highest BCUT2D eigenvalue weighted by Gasteiger charge is 2.46. The largest absolute Gasteiger partial charge is 0.480 e. The van der Waals surface area contributed by atoms with E-state index in [0.717, 1.165) is 18.2 Å². The van der Waals surface area contributed by atoms with Gasteiger partial charge in [0.15, 0.2) is 0 Å². The number of aliphatic carboxylic acids is 1. The van der Waals surface area contributed by atoms with Crippen molar-refractivity contribution in [1.29, 1.82) is 0 Å². The van der Waals surface area contributed by atoms with Crippen molar-refractivity contribution in [3.05, 3.63) is 35.4 Å². The molecular formula is C13H9F3N2O5. The topological polar surface area (TPSA) is 95.0 Å². The molecule has 0 bridgehead atoms. The minimum atomic E-state index is -4.70. The smallest absolute Gasteiger partial charge is 0.416 e. The molecule has 1 aromatic rings. The highest BCUT2D eigenvalue weighted by Crippen LogP contribution is 2.32. The van der Waals surface area contributed by atoms with Crippen molar-refractivity contribution in [2.45, 2.75) is 12.7 Å². The molecule has 0 spiro atoms. The van der Waals surface area contributed by atoms with Crippen LogP contribution in [0.1, 0.15) is 11.1 Å². The van der Waals surface area contributed by atoms with E-state index in [-0.39, 0.29) is 15.4 Å². The molecule has 7 nitrogen and oxygen atoms in total. The van der Waals surface area contributed by atoms with Crippen LogP contribution in [0.15, 0.2) is 24.3 Å². The van der Waals surface area contributed by atoms with Crippen LogP contribution in [-0.4, -0.2) is 45.3 Å². The SMILES string of the molecule is O=C(O)CN1C(=O)C(=O)N(Cc2ccccc2C(F)(F)F)C1=O. The van der Waals surface area contributed by atoms with Gasteiger partial charge in [-0.05, 0) is 11.6 Å². The zero-order valence-electron chi connectivity index (χ0n) is 11.3. The van der Waals surface area contributed by atoms with Gasteiger partial charge < -0.3 is 5.11 Å². The molecule has 0 radical (unpaired) electrons. The molecule has 1 N–H and O–H groups in total. The van der Waals surface area contributed by atoms with Crippen LogP contribution in [0, 0.1) is 0 Å². The molecule has 1 aliphatic rings. The maximum atomic E-state index is 12.9. The summed E-state index contributed by atoms with van der Waals surface area (Å²) in [7, 11) is 0. The van der Waals surface area contributed by atoms with E-state index < -0.39 is 48.6 Å². The second-order valence-corrected chi connectivity index (χ2v) is 4.61. The molecule has 1 saturated heterocycles. The summed E-state index contributed by atoms with van der Waals surface area (Å²) in [6.07, 6.45) is -4.70. The number of carbonyl (C=O) groups is 4. The van der Waals surface area contributed by atoms with Gasteiger partial charge in [-0.1, -0.05) is 18.2 Å². The fourth-order valence-corrected chi connectivity index (χ4v) is 2.07. The van der Waals surface area contributed by atoms with Crippen molar-refractivity contribution < 1.29 is 37.5 Å². The maximum absolute atomic E-state index is 12.9. The summed E-state index contributed by atoms with van der Waals surface area (Å²) in [5.41, 5.74) is -1.43. The molecule has 23 heavy (non-hydrogen) atoms. The van der Waals surface area contributed by atoms with Gasteiger partial charge >= 0.3 is 30.0 Å². The second-order valence-electron chi connectivity index (χ2n) is 4.61. The lowest BCUT2D eigenvalue weighted by atomic mass is 10.1. The summed E-state index contributed by atoms with van der Waals surface area (Å²) in [5.74, 6) is -4.29. The minimum Gasteiger partial charge on any atom is -0.480 e. The van der Waals surface area contributed by atoms with Crippen LogP contribution in [-0.2, 0) is 27.1 Å². The minimum absolute atomic E-state index is 0.168. The van der Waals surface area contributed by atoms with Gasteiger partial charge in [0.05, 0.1) is 12.1 Å². The average Bonchev–Trinajstić information content (AvgIpc) is 2.64. The molecule has 122 valence electrons. The van der Waals surface area contributed by atoms with Crippen molar-refractivity contribution in [2.24, 2.45) is 0 Å². The molecule has 0 unspecified atom stereocenters. The molecule has 0 atom stereocenters. The number of nitrogens with zero attached hydrogens (tertiary/aromatic N) is 2. The number of alkyl halides is 3. The highest BCUT2D eigenvalue weighted by atomic mass is 19.4. The van der Waals surface area contributed by atoms with Crippen LogP contribution in [0.2, 0.25) is 0 Å². The van der Waals surface area contributed by atoms with Crippen molar-refractivity contribution >= 4 is 23.8 Å². The lowest BCUT2D eigenvalue weighted by Crippen LogP contribution is -2.36. The number of hydrogen-bond acceptors (Lipinski definition) is 4. The Kier molecular flexibility index (Phi) is 4.08. The van der Waals surface area contributed by atoms with Crippen LogP contribution in [0.25, 0.3) is 0 Å². The molecule has 0 saturated carbocycles. The Balaban J connectivity index is 2.31. The number of carboxylic acids is 1. The predicted molar refractivity (Wildman–Crippen MR) is 66.7 cm³/mol. The number of amides is 4. The Morgan fingerprint density at radius 1 is 1.04 bits per heavy atom. The molecule has 1 heterocycles.